The molecule has 0 aromatic heterocycles. The molecule has 1 atom stereocenters. The summed E-state index contributed by atoms with van der Waals surface area (Å²) in [7, 11) is 0. The standard InChI is InChI=1S/C13H23N3O2/c1-2-16-7-5-11(6-8-16)15-13(18)10-3-4-12(17)14-9-10/h10-11H,2-9H2,1H3,(H,14,17)(H,15,18). The van der Waals surface area contributed by atoms with Gasteiger partial charge in [0.2, 0.25) is 11.8 Å². The minimum atomic E-state index is -0.0353. The summed E-state index contributed by atoms with van der Waals surface area (Å²) in [5, 5.41) is 5.89. The molecule has 0 aliphatic carbocycles. The Balaban J connectivity index is 1.73. The molecule has 2 rings (SSSR count). The smallest absolute Gasteiger partial charge is 0.225 e. The van der Waals surface area contributed by atoms with Crippen molar-refractivity contribution in [3.8, 4) is 0 Å². The van der Waals surface area contributed by atoms with Crippen LogP contribution in [-0.2, 0) is 9.59 Å². The van der Waals surface area contributed by atoms with Crippen LogP contribution in [0.25, 0.3) is 0 Å². The zero-order valence-electron chi connectivity index (χ0n) is 11.1. The molecule has 2 fully saturated rings. The van der Waals surface area contributed by atoms with Crippen LogP contribution in [0.5, 0.6) is 0 Å². The minimum Gasteiger partial charge on any atom is -0.355 e. The fourth-order valence-corrected chi connectivity index (χ4v) is 2.67. The summed E-state index contributed by atoms with van der Waals surface area (Å²) >= 11 is 0. The highest BCUT2D eigenvalue weighted by Crippen LogP contribution is 2.14. The average Bonchev–Trinajstić information content (AvgIpc) is 2.40. The molecule has 2 heterocycles. The Bertz CT molecular complexity index is 301. The van der Waals surface area contributed by atoms with Gasteiger partial charge in [-0.2, -0.15) is 0 Å². The molecule has 1 unspecified atom stereocenters. The number of likely N-dealkylation sites (tertiary alicyclic amines) is 1. The van der Waals surface area contributed by atoms with E-state index in [1.54, 1.807) is 0 Å². The van der Waals surface area contributed by atoms with E-state index in [0.717, 1.165) is 32.5 Å². The number of nitrogens with zero attached hydrogens (tertiary/aromatic N) is 1. The SMILES string of the molecule is CCN1CCC(NC(=O)C2CCC(=O)NC2)CC1. The molecule has 0 aromatic rings. The molecule has 0 bridgehead atoms. The van der Waals surface area contributed by atoms with Crippen LogP contribution in [0.4, 0.5) is 0 Å². The molecular formula is C13H23N3O2. The molecular weight excluding hydrogens is 230 g/mol. The van der Waals surface area contributed by atoms with Crippen molar-refractivity contribution in [2.75, 3.05) is 26.2 Å². The maximum Gasteiger partial charge on any atom is 0.225 e. The minimum absolute atomic E-state index is 0.0353. The van der Waals surface area contributed by atoms with Crippen LogP contribution in [-0.4, -0.2) is 48.9 Å². The lowest BCUT2D eigenvalue weighted by Crippen LogP contribution is -2.49. The van der Waals surface area contributed by atoms with Crippen molar-refractivity contribution in [2.45, 2.75) is 38.6 Å². The summed E-state index contributed by atoms with van der Waals surface area (Å²) in [5.74, 6) is 0.146. The second-order valence-electron chi connectivity index (χ2n) is 5.26. The molecule has 2 amide bonds. The van der Waals surface area contributed by atoms with E-state index < -0.39 is 0 Å². The van der Waals surface area contributed by atoms with Crippen LogP contribution in [0.15, 0.2) is 0 Å². The Morgan fingerprint density at radius 1 is 1.39 bits per heavy atom. The largest absolute Gasteiger partial charge is 0.355 e. The Morgan fingerprint density at radius 2 is 2.11 bits per heavy atom. The monoisotopic (exact) mass is 253 g/mol. The van der Waals surface area contributed by atoms with Crippen molar-refractivity contribution in [1.82, 2.24) is 15.5 Å². The molecule has 5 heteroatoms. The van der Waals surface area contributed by atoms with Crippen molar-refractivity contribution in [1.29, 1.82) is 0 Å². The van der Waals surface area contributed by atoms with Gasteiger partial charge in [0.25, 0.3) is 0 Å². The third-order valence-electron chi connectivity index (χ3n) is 4.02. The highest BCUT2D eigenvalue weighted by molar-refractivity contribution is 5.83. The van der Waals surface area contributed by atoms with E-state index >= 15 is 0 Å². The third kappa shape index (κ3) is 3.45. The van der Waals surface area contributed by atoms with Gasteiger partial charge in [-0.05, 0) is 25.8 Å². The number of carbonyl (C=O) groups excluding carboxylic acids is 2. The number of rotatable bonds is 3. The molecule has 102 valence electrons. The molecule has 18 heavy (non-hydrogen) atoms. The normalized spacial score (nSPS) is 26.7. The molecule has 0 radical (unpaired) electrons. The maximum absolute atomic E-state index is 12.0. The lowest BCUT2D eigenvalue weighted by Gasteiger charge is -2.32. The van der Waals surface area contributed by atoms with Crippen molar-refractivity contribution in [3.63, 3.8) is 0 Å². The predicted octanol–water partition coefficient (Wildman–Crippen LogP) is 0.113. The van der Waals surface area contributed by atoms with Crippen LogP contribution in [0.2, 0.25) is 0 Å². The average molecular weight is 253 g/mol. The molecule has 2 aliphatic rings. The summed E-state index contributed by atoms with van der Waals surface area (Å²) in [5.41, 5.74) is 0. The summed E-state index contributed by atoms with van der Waals surface area (Å²) in [4.78, 5) is 25.5. The van der Waals surface area contributed by atoms with E-state index in [1.165, 1.54) is 0 Å². The van der Waals surface area contributed by atoms with Crippen LogP contribution in [0.3, 0.4) is 0 Å². The number of hydrogen-bond acceptors (Lipinski definition) is 3. The fourth-order valence-electron chi connectivity index (χ4n) is 2.67. The number of piperidine rings is 2. The molecule has 2 N–H and O–H groups in total. The third-order valence-corrected chi connectivity index (χ3v) is 4.02. The van der Waals surface area contributed by atoms with Gasteiger partial charge in [-0.3, -0.25) is 9.59 Å². The Labute approximate surface area is 108 Å². The van der Waals surface area contributed by atoms with Crippen LogP contribution < -0.4 is 10.6 Å². The van der Waals surface area contributed by atoms with Crippen molar-refractivity contribution in [2.24, 2.45) is 5.92 Å². The molecule has 2 aliphatic heterocycles. The van der Waals surface area contributed by atoms with Gasteiger partial charge in [-0.1, -0.05) is 6.92 Å². The van der Waals surface area contributed by atoms with E-state index in [2.05, 4.69) is 22.5 Å². The van der Waals surface area contributed by atoms with Crippen molar-refractivity contribution < 1.29 is 9.59 Å². The summed E-state index contributed by atoms with van der Waals surface area (Å²) in [6.07, 6.45) is 3.25. The van der Waals surface area contributed by atoms with Gasteiger partial charge < -0.3 is 15.5 Å². The highest BCUT2D eigenvalue weighted by Gasteiger charge is 2.27. The zero-order valence-corrected chi connectivity index (χ0v) is 11.1. The zero-order chi connectivity index (χ0) is 13.0. The molecule has 5 nitrogen and oxygen atoms in total. The van der Waals surface area contributed by atoms with Crippen LogP contribution >= 0.6 is 0 Å². The fraction of sp³-hybridized carbons (Fsp3) is 0.846. The van der Waals surface area contributed by atoms with E-state index in [-0.39, 0.29) is 17.7 Å². The molecule has 2 saturated heterocycles. The van der Waals surface area contributed by atoms with Crippen LogP contribution in [0.1, 0.15) is 32.6 Å². The number of amides is 2. The Morgan fingerprint density at radius 3 is 2.67 bits per heavy atom. The Hall–Kier alpha value is -1.10. The molecule has 0 spiro atoms. The first-order chi connectivity index (χ1) is 8.69. The van der Waals surface area contributed by atoms with Gasteiger partial charge in [0.1, 0.15) is 0 Å². The van der Waals surface area contributed by atoms with Crippen LogP contribution in [0, 0.1) is 5.92 Å². The van der Waals surface area contributed by atoms with Gasteiger partial charge in [-0.25, -0.2) is 0 Å². The van der Waals surface area contributed by atoms with E-state index in [1.807, 2.05) is 0 Å². The van der Waals surface area contributed by atoms with Gasteiger partial charge in [-0.15, -0.1) is 0 Å². The van der Waals surface area contributed by atoms with E-state index in [9.17, 15) is 9.59 Å². The molecule has 0 aromatic carbocycles. The van der Waals surface area contributed by atoms with Crippen molar-refractivity contribution in [3.05, 3.63) is 0 Å². The first kappa shape index (κ1) is 13.3. The maximum atomic E-state index is 12.0. The number of hydrogen-bond donors (Lipinski definition) is 2. The second-order valence-corrected chi connectivity index (χ2v) is 5.26. The lowest BCUT2D eigenvalue weighted by atomic mass is 9.97. The first-order valence-corrected chi connectivity index (χ1v) is 6.98. The van der Waals surface area contributed by atoms with E-state index in [0.29, 0.717) is 25.4 Å². The number of carbonyl (C=O) groups is 2. The first-order valence-electron chi connectivity index (χ1n) is 6.98. The van der Waals surface area contributed by atoms with Gasteiger partial charge in [0, 0.05) is 32.1 Å². The highest BCUT2D eigenvalue weighted by atomic mass is 16.2. The molecule has 0 saturated carbocycles. The Kier molecular flexibility index (Phi) is 4.58. The van der Waals surface area contributed by atoms with Gasteiger partial charge in [0.05, 0.1) is 5.92 Å². The van der Waals surface area contributed by atoms with E-state index in [4.69, 9.17) is 0 Å². The predicted molar refractivity (Wildman–Crippen MR) is 69.0 cm³/mol. The number of nitrogens with one attached hydrogen (secondary N) is 2. The quantitative estimate of drug-likeness (QED) is 0.750. The summed E-state index contributed by atoms with van der Waals surface area (Å²) < 4.78 is 0. The summed E-state index contributed by atoms with van der Waals surface area (Å²) in [6.45, 7) is 5.91. The second kappa shape index (κ2) is 6.18. The van der Waals surface area contributed by atoms with Gasteiger partial charge in [0.15, 0.2) is 0 Å². The lowest BCUT2D eigenvalue weighted by molar-refractivity contribution is -0.129. The topological polar surface area (TPSA) is 61.4 Å². The van der Waals surface area contributed by atoms with Crippen molar-refractivity contribution >= 4 is 11.8 Å². The summed E-state index contributed by atoms with van der Waals surface area (Å²) in [6, 6.07) is 0.318. The van der Waals surface area contributed by atoms with Gasteiger partial charge >= 0.3 is 0 Å².